The number of benzene rings is 1. The van der Waals surface area contributed by atoms with Crippen LogP contribution in [0.2, 0.25) is 0 Å². The molecule has 1 saturated heterocycles. The summed E-state index contributed by atoms with van der Waals surface area (Å²) in [6.07, 6.45) is 13.9. The highest BCUT2D eigenvalue weighted by Crippen LogP contribution is 2.52. The lowest BCUT2D eigenvalue weighted by molar-refractivity contribution is 0.00908. The number of H-pyrrole nitrogens is 1. The van der Waals surface area contributed by atoms with Crippen LogP contribution in [0.5, 0.6) is 0 Å². The Labute approximate surface area is 180 Å². The molecule has 0 bridgehead atoms. The monoisotopic (exact) mass is 405 g/mol. The van der Waals surface area contributed by atoms with E-state index in [4.69, 9.17) is 0 Å². The van der Waals surface area contributed by atoms with Crippen molar-refractivity contribution in [3.63, 3.8) is 0 Å². The number of nitrogens with one attached hydrogen (secondary N) is 1. The minimum Gasteiger partial charge on any atom is -0.357 e. The van der Waals surface area contributed by atoms with Gasteiger partial charge in [-0.05, 0) is 87.2 Å². The SMILES string of the molecule is O=C(c1ccc[nH]1)N(c1ccccc1)C1CC2(CCN(CC3CCCCC3)CC2)C1. The quantitative estimate of drug-likeness (QED) is 0.715. The number of anilines is 1. The molecule has 3 aliphatic rings. The fourth-order valence-electron chi connectivity index (χ4n) is 6.15. The smallest absolute Gasteiger partial charge is 0.274 e. The molecule has 0 atom stereocenters. The summed E-state index contributed by atoms with van der Waals surface area (Å²) in [5.74, 6) is 1.04. The van der Waals surface area contributed by atoms with Gasteiger partial charge in [-0.3, -0.25) is 4.79 Å². The second-order valence-corrected chi connectivity index (χ2v) is 9.96. The van der Waals surface area contributed by atoms with Gasteiger partial charge < -0.3 is 14.8 Å². The van der Waals surface area contributed by atoms with Crippen LogP contribution in [0.3, 0.4) is 0 Å². The van der Waals surface area contributed by atoms with E-state index in [1.54, 1.807) is 0 Å². The first-order chi connectivity index (χ1) is 14.7. The van der Waals surface area contributed by atoms with E-state index in [-0.39, 0.29) is 5.91 Å². The number of hydrogen-bond acceptors (Lipinski definition) is 2. The van der Waals surface area contributed by atoms with Crippen molar-refractivity contribution in [3.8, 4) is 0 Å². The number of likely N-dealkylation sites (tertiary alicyclic amines) is 1. The van der Waals surface area contributed by atoms with Gasteiger partial charge in [0, 0.05) is 24.5 Å². The molecule has 2 aliphatic carbocycles. The molecule has 160 valence electrons. The number of hydrogen-bond donors (Lipinski definition) is 1. The van der Waals surface area contributed by atoms with Gasteiger partial charge in [-0.25, -0.2) is 0 Å². The molecule has 1 amide bonds. The van der Waals surface area contributed by atoms with E-state index in [0.717, 1.165) is 24.4 Å². The first-order valence-corrected chi connectivity index (χ1v) is 12.0. The maximum absolute atomic E-state index is 13.3. The summed E-state index contributed by atoms with van der Waals surface area (Å²) < 4.78 is 0. The second-order valence-electron chi connectivity index (χ2n) is 9.96. The van der Waals surface area contributed by atoms with Crippen LogP contribution in [0.25, 0.3) is 0 Å². The molecule has 1 aromatic carbocycles. The van der Waals surface area contributed by atoms with Gasteiger partial charge in [-0.15, -0.1) is 0 Å². The number of nitrogens with zero attached hydrogens (tertiary/aromatic N) is 2. The molecule has 0 unspecified atom stereocenters. The third-order valence-electron chi connectivity index (χ3n) is 7.94. The second kappa shape index (κ2) is 8.58. The van der Waals surface area contributed by atoms with Crippen molar-refractivity contribution in [2.75, 3.05) is 24.5 Å². The maximum Gasteiger partial charge on any atom is 0.274 e. The highest BCUT2D eigenvalue weighted by atomic mass is 16.2. The van der Waals surface area contributed by atoms with Gasteiger partial charge in [-0.1, -0.05) is 37.5 Å². The average molecular weight is 406 g/mol. The van der Waals surface area contributed by atoms with Gasteiger partial charge in [0.15, 0.2) is 0 Å². The van der Waals surface area contributed by atoms with Crippen molar-refractivity contribution < 1.29 is 4.79 Å². The Morgan fingerprint density at radius 2 is 1.73 bits per heavy atom. The van der Waals surface area contributed by atoms with Crippen LogP contribution < -0.4 is 4.90 Å². The van der Waals surface area contributed by atoms with Crippen LogP contribution in [0.1, 0.15) is 68.3 Å². The van der Waals surface area contributed by atoms with E-state index in [1.165, 1.54) is 64.6 Å². The zero-order chi connectivity index (χ0) is 20.4. The summed E-state index contributed by atoms with van der Waals surface area (Å²) in [5, 5.41) is 0. The fraction of sp³-hybridized carbons (Fsp3) is 0.577. The molecule has 4 heteroatoms. The predicted octanol–water partition coefficient (Wildman–Crippen LogP) is 5.49. The molecule has 2 heterocycles. The molecule has 2 saturated carbocycles. The Kier molecular flexibility index (Phi) is 5.68. The Bertz CT molecular complexity index is 809. The van der Waals surface area contributed by atoms with Crippen LogP contribution in [-0.4, -0.2) is 41.5 Å². The van der Waals surface area contributed by atoms with Gasteiger partial charge in [0.2, 0.25) is 0 Å². The van der Waals surface area contributed by atoms with Crippen molar-refractivity contribution in [1.29, 1.82) is 0 Å². The normalized spacial score (nSPS) is 22.7. The molecular formula is C26H35N3O. The largest absolute Gasteiger partial charge is 0.357 e. The summed E-state index contributed by atoms with van der Waals surface area (Å²) in [5.41, 5.74) is 2.16. The number of aromatic amines is 1. The molecule has 4 nitrogen and oxygen atoms in total. The Morgan fingerprint density at radius 1 is 1.00 bits per heavy atom. The Balaban J connectivity index is 1.21. The summed E-state index contributed by atoms with van der Waals surface area (Å²) in [6, 6.07) is 14.3. The highest BCUT2D eigenvalue weighted by Gasteiger charge is 2.49. The van der Waals surface area contributed by atoms with E-state index in [0.29, 0.717) is 17.2 Å². The molecule has 1 spiro atoms. The van der Waals surface area contributed by atoms with Crippen LogP contribution in [0, 0.1) is 11.3 Å². The van der Waals surface area contributed by atoms with Crippen molar-refractivity contribution in [2.24, 2.45) is 11.3 Å². The van der Waals surface area contributed by atoms with Crippen molar-refractivity contribution in [1.82, 2.24) is 9.88 Å². The van der Waals surface area contributed by atoms with Gasteiger partial charge in [0.25, 0.3) is 5.91 Å². The number of para-hydroxylation sites is 1. The molecule has 1 aliphatic heterocycles. The number of aromatic nitrogens is 1. The number of rotatable bonds is 5. The van der Waals surface area contributed by atoms with Crippen LogP contribution in [0.4, 0.5) is 5.69 Å². The minimum absolute atomic E-state index is 0.0979. The molecule has 2 aromatic rings. The third-order valence-corrected chi connectivity index (χ3v) is 7.94. The van der Waals surface area contributed by atoms with E-state index >= 15 is 0 Å². The lowest BCUT2D eigenvalue weighted by Gasteiger charge is -2.55. The van der Waals surface area contributed by atoms with E-state index < -0.39 is 0 Å². The first kappa shape index (κ1) is 19.9. The molecule has 0 radical (unpaired) electrons. The van der Waals surface area contributed by atoms with E-state index in [1.807, 2.05) is 41.4 Å². The van der Waals surface area contributed by atoms with Gasteiger partial charge >= 0.3 is 0 Å². The van der Waals surface area contributed by atoms with Crippen LogP contribution in [-0.2, 0) is 0 Å². The Hall–Kier alpha value is -2.07. The Morgan fingerprint density at radius 3 is 2.40 bits per heavy atom. The fourth-order valence-corrected chi connectivity index (χ4v) is 6.15. The van der Waals surface area contributed by atoms with Gasteiger partial charge in [0.1, 0.15) is 5.69 Å². The molecule has 5 rings (SSSR count). The van der Waals surface area contributed by atoms with Crippen molar-refractivity contribution in [2.45, 2.75) is 63.8 Å². The average Bonchev–Trinajstić information content (AvgIpc) is 3.30. The maximum atomic E-state index is 13.3. The number of carbonyl (C=O) groups is 1. The summed E-state index contributed by atoms with van der Waals surface area (Å²) in [4.78, 5) is 21.2. The highest BCUT2D eigenvalue weighted by molar-refractivity contribution is 6.05. The van der Waals surface area contributed by atoms with Crippen molar-refractivity contribution in [3.05, 3.63) is 54.4 Å². The van der Waals surface area contributed by atoms with Crippen molar-refractivity contribution >= 4 is 11.6 Å². The molecule has 3 fully saturated rings. The third kappa shape index (κ3) is 4.07. The molecular weight excluding hydrogens is 370 g/mol. The molecule has 1 N–H and O–H groups in total. The number of piperidine rings is 1. The first-order valence-electron chi connectivity index (χ1n) is 12.0. The lowest BCUT2D eigenvalue weighted by atomic mass is 9.59. The van der Waals surface area contributed by atoms with Crippen LogP contribution >= 0.6 is 0 Å². The molecule has 1 aromatic heterocycles. The van der Waals surface area contributed by atoms with Crippen LogP contribution in [0.15, 0.2) is 48.7 Å². The van der Waals surface area contributed by atoms with Gasteiger partial charge in [0.05, 0.1) is 0 Å². The standard InChI is InChI=1S/C26H35N3O/c30-25(24-12-7-15-27-24)29(22-10-5-2-6-11-22)23-18-26(19-23)13-16-28(17-14-26)20-21-8-3-1-4-9-21/h2,5-7,10-12,15,21,23,27H,1,3-4,8-9,13-14,16-20H2. The van der Waals surface area contributed by atoms with E-state index in [2.05, 4.69) is 22.0 Å². The molecule has 30 heavy (non-hydrogen) atoms. The zero-order valence-electron chi connectivity index (χ0n) is 18.1. The predicted molar refractivity (Wildman–Crippen MR) is 122 cm³/mol. The summed E-state index contributed by atoms with van der Waals surface area (Å²) in [7, 11) is 0. The topological polar surface area (TPSA) is 39.3 Å². The van der Waals surface area contributed by atoms with Gasteiger partial charge in [-0.2, -0.15) is 0 Å². The summed E-state index contributed by atoms with van der Waals surface area (Å²) in [6.45, 7) is 3.82. The lowest BCUT2D eigenvalue weighted by Crippen LogP contribution is -2.57. The zero-order valence-corrected chi connectivity index (χ0v) is 18.1. The minimum atomic E-state index is 0.0979. The number of carbonyl (C=O) groups excluding carboxylic acids is 1. The van der Waals surface area contributed by atoms with E-state index in [9.17, 15) is 4.79 Å². The number of amides is 1. The summed E-state index contributed by atoms with van der Waals surface area (Å²) >= 11 is 0.